The van der Waals surface area contributed by atoms with Gasteiger partial charge in [0, 0.05) is 26.7 Å². The highest BCUT2D eigenvalue weighted by molar-refractivity contribution is 4.85. The largest absolute Gasteiger partial charge is 0.383 e. The van der Waals surface area contributed by atoms with Crippen LogP contribution in [0.4, 0.5) is 0 Å². The Morgan fingerprint density at radius 2 is 2.38 bits per heavy atom. The van der Waals surface area contributed by atoms with E-state index in [1.54, 1.807) is 7.11 Å². The van der Waals surface area contributed by atoms with Crippen LogP contribution in [0, 0.1) is 6.42 Å². The van der Waals surface area contributed by atoms with E-state index in [4.69, 9.17) is 4.74 Å². The van der Waals surface area contributed by atoms with Gasteiger partial charge >= 0.3 is 0 Å². The Morgan fingerprint density at radius 1 is 1.62 bits per heavy atom. The molecule has 2 nitrogen and oxygen atoms in total. The molecule has 1 fully saturated rings. The van der Waals surface area contributed by atoms with Crippen LogP contribution < -0.4 is 0 Å². The van der Waals surface area contributed by atoms with Crippen molar-refractivity contribution in [3.05, 3.63) is 6.42 Å². The maximum Gasteiger partial charge on any atom is 0.0589 e. The lowest BCUT2D eigenvalue weighted by Crippen LogP contribution is -2.39. The summed E-state index contributed by atoms with van der Waals surface area (Å²) >= 11 is 0. The third-order valence-electron chi connectivity index (χ3n) is 1.39. The molecule has 0 aromatic rings. The predicted molar refractivity (Wildman–Crippen MR) is 32.6 cm³/mol. The molecule has 0 aromatic carbocycles. The Balaban J connectivity index is 1.86. The van der Waals surface area contributed by atoms with Crippen molar-refractivity contribution >= 4 is 0 Å². The Morgan fingerprint density at radius 3 is 2.75 bits per heavy atom. The minimum atomic E-state index is 0.869. The van der Waals surface area contributed by atoms with E-state index in [0.29, 0.717) is 0 Å². The van der Waals surface area contributed by atoms with Crippen LogP contribution in [0.25, 0.3) is 0 Å². The van der Waals surface area contributed by atoms with Gasteiger partial charge < -0.3 is 9.64 Å². The lowest BCUT2D eigenvalue weighted by atomic mass is 10.2. The van der Waals surface area contributed by atoms with E-state index in [9.17, 15) is 0 Å². The van der Waals surface area contributed by atoms with Gasteiger partial charge in [-0.3, -0.25) is 0 Å². The molecule has 1 rings (SSSR count). The fourth-order valence-electron chi connectivity index (χ4n) is 0.715. The van der Waals surface area contributed by atoms with Crippen molar-refractivity contribution in [2.75, 3.05) is 33.4 Å². The minimum Gasteiger partial charge on any atom is -0.383 e. The first kappa shape index (κ1) is 6.05. The second-order valence-electron chi connectivity index (χ2n) is 2.04. The fourth-order valence-corrected chi connectivity index (χ4v) is 0.715. The van der Waals surface area contributed by atoms with E-state index in [2.05, 4.69) is 11.3 Å². The Hall–Kier alpha value is -0.0800. The molecular weight excluding hydrogens is 102 g/mol. The molecule has 2 heteroatoms. The quantitative estimate of drug-likeness (QED) is 0.518. The fraction of sp³-hybridized carbons (Fsp3) is 0.833. The summed E-state index contributed by atoms with van der Waals surface area (Å²) in [5, 5.41) is 0. The molecule has 1 aliphatic heterocycles. The van der Waals surface area contributed by atoms with E-state index in [1.165, 1.54) is 0 Å². The van der Waals surface area contributed by atoms with Crippen molar-refractivity contribution < 1.29 is 4.74 Å². The summed E-state index contributed by atoms with van der Waals surface area (Å²) in [6.07, 6.45) is 2.26. The van der Waals surface area contributed by atoms with Crippen molar-refractivity contribution in [2.45, 2.75) is 0 Å². The molecule has 0 N–H and O–H groups in total. The van der Waals surface area contributed by atoms with Gasteiger partial charge in [0.1, 0.15) is 0 Å². The molecule has 47 valence electrons. The molecule has 1 aliphatic rings. The average molecular weight is 114 g/mol. The predicted octanol–water partition coefficient (Wildman–Crippen LogP) is 0.153. The van der Waals surface area contributed by atoms with Crippen LogP contribution in [0.2, 0.25) is 0 Å². The summed E-state index contributed by atoms with van der Waals surface area (Å²) < 4.78 is 4.89. The first-order valence-electron chi connectivity index (χ1n) is 2.96. The van der Waals surface area contributed by atoms with E-state index < -0.39 is 0 Å². The number of ether oxygens (including phenoxy) is 1. The molecule has 0 aliphatic carbocycles. The summed E-state index contributed by atoms with van der Waals surface area (Å²) in [5.41, 5.74) is 0. The zero-order chi connectivity index (χ0) is 5.82. The highest BCUT2D eigenvalue weighted by Gasteiger charge is 2.11. The van der Waals surface area contributed by atoms with E-state index in [-0.39, 0.29) is 0 Å². The number of likely N-dealkylation sites (tertiary alicyclic amines) is 1. The zero-order valence-electron chi connectivity index (χ0n) is 5.26. The van der Waals surface area contributed by atoms with Gasteiger partial charge in [-0.1, -0.05) is 0 Å². The molecule has 0 spiro atoms. The summed E-state index contributed by atoms with van der Waals surface area (Å²) in [6, 6.07) is 0. The van der Waals surface area contributed by atoms with E-state index in [1.807, 2.05) is 0 Å². The molecular formula is C6H12NO. The van der Waals surface area contributed by atoms with Crippen molar-refractivity contribution in [3.8, 4) is 0 Å². The molecule has 0 bridgehead atoms. The molecule has 0 amide bonds. The van der Waals surface area contributed by atoms with Crippen LogP contribution in [-0.4, -0.2) is 38.3 Å². The number of hydrogen-bond acceptors (Lipinski definition) is 2. The maximum atomic E-state index is 4.89. The topological polar surface area (TPSA) is 12.5 Å². The smallest absolute Gasteiger partial charge is 0.0589 e. The standard InChI is InChI=1S/C6H12NO/c1-8-6-5-7-3-2-4-7/h2H,3-6H2,1H3. The Labute approximate surface area is 50.4 Å². The van der Waals surface area contributed by atoms with Crippen LogP contribution in [0.5, 0.6) is 0 Å². The van der Waals surface area contributed by atoms with Crippen molar-refractivity contribution in [2.24, 2.45) is 0 Å². The van der Waals surface area contributed by atoms with Crippen LogP contribution >= 0.6 is 0 Å². The van der Waals surface area contributed by atoms with Crippen molar-refractivity contribution in [1.29, 1.82) is 0 Å². The zero-order valence-corrected chi connectivity index (χ0v) is 5.26. The Bertz CT molecular complexity index is 61.5. The first-order chi connectivity index (χ1) is 3.93. The van der Waals surface area contributed by atoms with Gasteiger partial charge in [-0.2, -0.15) is 0 Å². The molecule has 1 radical (unpaired) electrons. The van der Waals surface area contributed by atoms with Gasteiger partial charge in [-0.15, -0.1) is 0 Å². The summed E-state index contributed by atoms with van der Waals surface area (Å²) in [5.74, 6) is 0. The molecule has 1 saturated heterocycles. The molecule has 0 aromatic heterocycles. The van der Waals surface area contributed by atoms with Gasteiger partial charge in [0.2, 0.25) is 0 Å². The van der Waals surface area contributed by atoms with Crippen molar-refractivity contribution in [3.63, 3.8) is 0 Å². The van der Waals surface area contributed by atoms with Crippen LogP contribution in [-0.2, 0) is 4.74 Å². The highest BCUT2D eigenvalue weighted by atomic mass is 16.5. The highest BCUT2D eigenvalue weighted by Crippen LogP contribution is 2.01. The Kier molecular flexibility index (Phi) is 2.30. The summed E-state index contributed by atoms with van der Waals surface area (Å²) in [4.78, 5) is 2.34. The number of rotatable bonds is 3. The molecule has 8 heavy (non-hydrogen) atoms. The van der Waals surface area contributed by atoms with Crippen LogP contribution in [0.15, 0.2) is 0 Å². The minimum absolute atomic E-state index is 0.869. The monoisotopic (exact) mass is 114 g/mol. The maximum absolute atomic E-state index is 4.89. The number of methoxy groups -OCH3 is 1. The first-order valence-corrected chi connectivity index (χ1v) is 2.96. The lowest BCUT2D eigenvalue weighted by Gasteiger charge is -2.29. The molecule has 0 saturated carbocycles. The SMILES string of the molecule is COCCN1C[CH]C1. The lowest BCUT2D eigenvalue weighted by molar-refractivity contribution is 0.136. The molecule has 1 heterocycles. The van der Waals surface area contributed by atoms with Gasteiger partial charge in [0.15, 0.2) is 0 Å². The van der Waals surface area contributed by atoms with Gasteiger partial charge in [0.05, 0.1) is 6.61 Å². The normalized spacial score (nSPS) is 20.6. The molecule has 0 atom stereocenters. The van der Waals surface area contributed by atoms with Gasteiger partial charge in [0.25, 0.3) is 0 Å². The van der Waals surface area contributed by atoms with Crippen LogP contribution in [0.3, 0.4) is 0 Å². The van der Waals surface area contributed by atoms with Gasteiger partial charge in [-0.25, -0.2) is 0 Å². The van der Waals surface area contributed by atoms with Crippen LogP contribution in [0.1, 0.15) is 0 Å². The summed E-state index contributed by atoms with van der Waals surface area (Å²) in [7, 11) is 1.74. The average Bonchev–Trinajstić information content (AvgIpc) is 1.63. The number of nitrogens with zero attached hydrogens (tertiary/aromatic N) is 1. The van der Waals surface area contributed by atoms with Crippen molar-refractivity contribution in [1.82, 2.24) is 4.90 Å². The van der Waals surface area contributed by atoms with Gasteiger partial charge in [-0.05, 0) is 6.42 Å². The summed E-state index contributed by atoms with van der Waals surface area (Å²) in [6.45, 7) is 4.27. The molecule has 0 unspecified atom stereocenters. The second kappa shape index (κ2) is 3.05. The third kappa shape index (κ3) is 1.46. The second-order valence-corrected chi connectivity index (χ2v) is 2.04. The van der Waals surface area contributed by atoms with E-state index >= 15 is 0 Å². The van der Waals surface area contributed by atoms with E-state index in [0.717, 1.165) is 26.2 Å². The third-order valence-corrected chi connectivity index (χ3v) is 1.39. The number of hydrogen-bond donors (Lipinski definition) is 0.